The SMILES string of the molecule is CC(C)N(CCC(=O)O)c1ccc(Cl)cc1[N+](=O)[O-]. The molecule has 1 N–H and O–H groups in total. The number of rotatable bonds is 6. The van der Waals surface area contributed by atoms with E-state index in [9.17, 15) is 14.9 Å². The molecule has 0 radical (unpaired) electrons. The van der Waals surface area contributed by atoms with E-state index in [4.69, 9.17) is 16.7 Å². The van der Waals surface area contributed by atoms with E-state index in [0.717, 1.165) is 0 Å². The second kappa shape index (κ2) is 6.38. The van der Waals surface area contributed by atoms with Gasteiger partial charge in [-0.25, -0.2) is 0 Å². The van der Waals surface area contributed by atoms with E-state index >= 15 is 0 Å². The van der Waals surface area contributed by atoms with Gasteiger partial charge < -0.3 is 10.0 Å². The summed E-state index contributed by atoms with van der Waals surface area (Å²) >= 11 is 5.76. The fraction of sp³-hybridized carbons (Fsp3) is 0.417. The molecular formula is C12H15ClN2O4. The van der Waals surface area contributed by atoms with Crippen LogP contribution < -0.4 is 4.90 Å². The molecule has 1 aromatic carbocycles. The van der Waals surface area contributed by atoms with Crippen LogP contribution in [0.2, 0.25) is 5.02 Å². The predicted molar refractivity (Wildman–Crippen MR) is 72.8 cm³/mol. The zero-order valence-corrected chi connectivity index (χ0v) is 11.4. The third kappa shape index (κ3) is 4.10. The van der Waals surface area contributed by atoms with Gasteiger partial charge in [-0.3, -0.25) is 14.9 Å². The number of halogens is 1. The minimum absolute atomic E-state index is 0.0563. The number of nitro benzene ring substituents is 1. The first-order valence-electron chi connectivity index (χ1n) is 5.75. The van der Waals surface area contributed by atoms with Crippen LogP contribution >= 0.6 is 11.6 Å². The predicted octanol–water partition coefficient (Wildman–Crippen LogP) is 2.94. The number of carbonyl (C=O) groups is 1. The Balaban J connectivity index is 3.14. The summed E-state index contributed by atoms with van der Waals surface area (Å²) in [5.74, 6) is -0.942. The molecule has 0 spiro atoms. The molecule has 7 heteroatoms. The van der Waals surface area contributed by atoms with E-state index in [1.54, 1.807) is 17.0 Å². The Morgan fingerprint density at radius 1 is 1.53 bits per heavy atom. The molecule has 0 aliphatic carbocycles. The summed E-state index contributed by atoms with van der Waals surface area (Å²) in [7, 11) is 0. The molecule has 0 aliphatic rings. The fourth-order valence-electron chi connectivity index (χ4n) is 1.76. The van der Waals surface area contributed by atoms with Crippen molar-refractivity contribution in [2.75, 3.05) is 11.4 Å². The Morgan fingerprint density at radius 3 is 2.63 bits per heavy atom. The number of carboxylic acids is 1. The quantitative estimate of drug-likeness (QED) is 0.642. The van der Waals surface area contributed by atoms with Crippen LogP contribution in [0, 0.1) is 10.1 Å². The Morgan fingerprint density at radius 2 is 2.16 bits per heavy atom. The average molecular weight is 287 g/mol. The molecule has 19 heavy (non-hydrogen) atoms. The van der Waals surface area contributed by atoms with Crippen LogP contribution in [0.3, 0.4) is 0 Å². The molecule has 0 heterocycles. The van der Waals surface area contributed by atoms with Gasteiger partial charge in [0.2, 0.25) is 0 Å². The van der Waals surface area contributed by atoms with Gasteiger partial charge in [-0.05, 0) is 26.0 Å². The lowest BCUT2D eigenvalue weighted by atomic mass is 10.2. The molecule has 0 saturated heterocycles. The highest BCUT2D eigenvalue weighted by molar-refractivity contribution is 6.30. The minimum atomic E-state index is -0.942. The van der Waals surface area contributed by atoms with Crippen molar-refractivity contribution in [1.82, 2.24) is 0 Å². The van der Waals surface area contributed by atoms with Crippen LogP contribution in [-0.4, -0.2) is 28.6 Å². The first kappa shape index (κ1) is 15.2. The number of nitrogens with zero attached hydrogens (tertiary/aromatic N) is 2. The first-order valence-corrected chi connectivity index (χ1v) is 6.13. The third-order valence-corrected chi connectivity index (χ3v) is 2.87. The maximum absolute atomic E-state index is 11.0. The zero-order valence-electron chi connectivity index (χ0n) is 10.7. The van der Waals surface area contributed by atoms with Crippen molar-refractivity contribution in [3.8, 4) is 0 Å². The Hall–Kier alpha value is -1.82. The highest BCUT2D eigenvalue weighted by Crippen LogP contribution is 2.32. The normalized spacial score (nSPS) is 10.5. The van der Waals surface area contributed by atoms with Gasteiger partial charge in [0.1, 0.15) is 5.69 Å². The summed E-state index contributed by atoms with van der Waals surface area (Å²) in [5.41, 5.74) is 0.261. The van der Waals surface area contributed by atoms with Gasteiger partial charge in [-0.15, -0.1) is 0 Å². The number of benzene rings is 1. The topological polar surface area (TPSA) is 83.7 Å². The van der Waals surface area contributed by atoms with Crippen molar-refractivity contribution >= 4 is 28.9 Å². The van der Waals surface area contributed by atoms with Gasteiger partial charge in [-0.1, -0.05) is 11.6 Å². The molecule has 0 saturated carbocycles. The van der Waals surface area contributed by atoms with Crippen molar-refractivity contribution in [2.45, 2.75) is 26.3 Å². The van der Waals surface area contributed by atoms with E-state index in [1.165, 1.54) is 6.07 Å². The van der Waals surface area contributed by atoms with Gasteiger partial charge in [0.25, 0.3) is 5.69 Å². The summed E-state index contributed by atoms with van der Waals surface area (Å²) in [5, 5.41) is 20.1. The molecule has 1 rings (SSSR count). The van der Waals surface area contributed by atoms with E-state index in [-0.39, 0.29) is 29.7 Å². The van der Waals surface area contributed by atoms with Crippen LogP contribution in [0.25, 0.3) is 0 Å². The number of aliphatic carboxylic acids is 1. The Kier molecular flexibility index (Phi) is 5.11. The highest BCUT2D eigenvalue weighted by atomic mass is 35.5. The molecule has 0 bridgehead atoms. The van der Waals surface area contributed by atoms with Gasteiger partial charge in [0.15, 0.2) is 0 Å². The summed E-state index contributed by atoms with van der Waals surface area (Å²) in [4.78, 5) is 22.9. The third-order valence-electron chi connectivity index (χ3n) is 2.63. The molecule has 104 valence electrons. The summed E-state index contributed by atoms with van der Waals surface area (Å²) in [6.45, 7) is 3.90. The maximum Gasteiger partial charge on any atom is 0.305 e. The van der Waals surface area contributed by atoms with Crippen LogP contribution in [0.4, 0.5) is 11.4 Å². The molecule has 0 aliphatic heterocycles. The van der Waals surface area contributed by atoms with E-state index in [2.05, 4.69) is 0 Å². The minimum Gasteiger partial charge on any atom is -0.481 e. The monoisotopic (exact) mass is 286 g/mol. The molecule has 0 fully saturated rings. The van der Waals surface area contributed by atoms with Crippen LogP contribution in [0.15, 0.2) is 18.2 Å². The van der Waals surface area contributed by atoms with E-state index < -0.39 is 10.9 Å². The van der Waals surface area contributed by atoms with Crippen molar-refractivity contribution in [3.63, 3.8) is 0 Å². The average Bonchev–Trinajstić information content (AvgIpc) is 2.29. The second-order valence-electron chi connectivity index (χ2n) is 4.32. The fourth-order valence-corrected chi connectivity index (χ4v) is 1.92. The maximum atomic E-state index is 11.0. The second-order valence-corrected chi connectivity index (χ2v) is 4.76. The first-order chi connectivity index (χ1) is 8.82. The lowest BCUT2D eigenvalue weighted by Gasteiger charge is -2.28. The summed E-state index contributed by atoms with van der Waals surface area (Å²) in [6, 6.07) is 4.31. The highest BCUT2D eigenvalue weighted by Gasteiger charge is 2.22. The largest absolute Gasteiger partial charge is 0.481 e. The standard InChI is InChI=1S/C12H15ClN2O4/c1-8(2)14(6-5-12(16)17)10-4-3-9(13)7-11(10)15(18)19/h3-4,7-8H,5-6H2,1-2H3,(H,16,17). The summed E-state index contributed by atoms with van der Waals surface area (Å²) < 4.78 is 0. The molecule has 0 aromatic heterocycles. The number of hydrogen-bond donors (Lipinski definition) is 1. The molecule has 0 amide bonds. The van der Waals surface area contributed by atoms with Crippen molar-refractivity contribution in [3.05, 3.63) is 33.3 Å². The molecule has 1 aromatic rings. The zero-order chi connectivity index (χ0) is 14.6. The van der Waals surface area contributed by atoms with Gasteiger partial charge >= 0.3 is 5.97 Å². The molecule has 6 nitrogen and oxygen atoms in total. The van der Waals surface area contributed by atoms with Crippen LogP contribution in [-0.2, 0) is 4.79 Å². The van der Waals surface area contributed by atoms with Crippen LogP contribution in [0.5, 0.6) is 0 Å². The van der Waals surface area contributed by atoms with Crippen molar-refractivity contribution in [1.29, 1.82) is 0 Å². The smallest absolute Gasteiger partial charge is 0.305 e. The number of anilines is 1. The summed E-state index contributed by atoms with van der Waals surface area (Å²) in [6.07, 6.45) is -0.0854. The van der Waals surface area contributed by atoms with E-state index in [1.807, 2.05) is 13.8 Å². The number of hydrogen-bond acceptors (Lipinski definition) is 4. The van der Waals surface area contributed by atoms with E-state index in [0.29, 0.717) is 5.69 Å². The number of nitro groups is 1. The van der Waals surface area contributed by atoms with Crippen molar-refractivity contribution < 1.29 is 14.8 Å². The lowest BCUT2D eigenvalue weighted by molar-refractivity contribution is -0.384. The molecule has 0 unspecified atom stereocenters. The van der Waals surface area contributed by atoms with Crippen LogP contribution in [0.1, 0.15) is 20.3 Å². The van der Waals surface area contributed by atoms with Gasteiger partial charge in [0.05, 0.1) is 11.3 Å². The molecule has 0 atom stereocenters. The number of carboxylic acid groups (broad SMARTS) is 1. The van der Waals surface area contributed by atoms with Crippen molar-refractivity contribution in [2.24, 2.45) is 0 Å². The Labute approximate surface area is 115 Å². The lowest BCUT2D eigenvalue weighted by Crippen LogP contribution is -2.33. The van der Waals surface area contributed by atoms with Gasteiger partial charge in [0, 0.05) is 23.7 Å². The van der Waals surface area contributed by atoms with Gasteiger partial charge in [-0.2, -0.15) is 0 Å². The Bertz CT molecular complexity index is 491. The molecular weight excluding hydrogens is 272 g/mol.